The molecule has 0 bridgehead atoms. The molecular weight excluding hydrogens is 188 g/mol. The van der Waals surface area contributed by atoms with Crippen LogP contribution in [0.15, 0.2) is 0 Å². The Kier molecular flexibility index (Phi) is 3.29. The Labute approximate surface area is 81.6 Å². The summed E-state index contributed by atoms with van der Waals surface area (Å²) in [5, 5.41) is 8.66. The van der Waals surface area contributed by atoms with E-state index in [1.54, 1.807) is 0 Å². The van der Waals surface area contributed by atoms with Gasteiger partial charge in [-0.05, 0) is 6.42 Å². The maximum atomic E-state index is 11.1. The van der Waals surface area contributed by atoms with Crippen molar-refractivity contribution in [2.24, 2.45) is 11.7 Å². The molecule has 0 spiro atoms. The zero-order valence-corrected chi connectivity index (χ0v) is 7.97. The van der Waals surface area contributed by atoms with E-state index in [1.165, 1.54) is 12.0 Å². The number of carboxylic acids is 1. The van der Waals surface area contributed by atoms with Gasteiger partial charge in [0.25, 0.3) is 0 Å². The van der Waals surface area contributed by atoms with E-state index in [9.17, 15) is 9.59 Å². The van der Waals surface area contributed by atoms with E-state index in [0.29, 0.717) is 19.5 Å². The van der Waals surface area contributed by atoms with Crippen molar-refractivity contribution in [2.75, 3.05) is 20.2 Å². The van der Waals surface area contributed by atoms with Crippen LogP contribution >= 0.6 is 0 Å². The summed E-state index contributed by atoms with van der Waals surface area (Å²) in [4.78, 5) is 23.1. The molecule has 3 N–H and O–H groups in total. The summed E-state index contributed by atoms with van der Waals surface area (Å²) in [6.07, 6.45) is 0.188. The van der Waals surface area contributed by atoms with Gasteiger partial charge in [0, 0.05) is 19.0 Å². The van der Waals surface area contributed by atoms with E-state index in [2.05, 4.69) is 4.74 Å². The zero-order chi connectivity index (χ0) is 10.7. The van der Waals surface area contributed by atoms with Crippen LogP contribution in [-0.4, -0.2) is 48.3 Å². The molecule has 2 unspecified atom stereocenters. The van der Waals surface area contributed by atoms with E-state index >= 15 is 0 Å². The van der Waals surface area contributed by atoms with Gasteiger partial charge in [0.15, 0.2) is 0 Å². The number of methoxy groups -OCH3 is 1. The highest BCUT2D eigenvalue weighted by molar-refractivity contribution is 5.74. The molecule has 14 heavy (non-hydrogen) atoms. The molecule has 1 rings (SSSR count). The van der Waals surface area contributed by atoms with E-state index in [1.807, 2.05) is 0 Å². The van der Waals surface area contributed by atoms with Gasteiger partial charge in [-0.25, -0.2) is 4.79 Å². The summed E-state index contributed by atoms with van der Waals surface area (Å²) in [7, 11) is 1.30. The quantitative estimate of drug-likeness (QED) is 0.629. The zero-order valence-electron chi connectivity index (χ0n) is 7.97. The minimum atomic E-state index is -1.03. The SMILES string of the molecule is COC(=O)N1CCC(C(N)C(=O)O)C1. The van der Waals surface area contributed by atoms with Crippen LogP contribution in [-0.2, 0) is 9.53 Å². The first-order valence-corrected chi connectivity index (χ1v) is 4.37. The lowest BCUT2D eigenvalue weighted by atomic mass is 10.0. The maximum Gasteiger partial charge on any atom is 0.409 e. The third-order valence-electron chi connectivity index (χ3n) is 2.45. The Balaban J connectivity index is 2.49. The van der Waals surface area contributed by atoms with Gasteiger partial charge in [0.05, 0.1) is 7.11 Å². The first-order chi connectivity index (χ1) is 6.56. The number of carboxylic acid groups (broad SMARTS) is 1. The first kappa shape index (κ1) is 10.8. The second-order valence-corrected chi connectivity index (χ2v) is 3.33. The van der Waals surface area contributed by atoms with Crippen LogP contribution in [0.3, 0.4) is 0 Å². The fraction of sp³-hybridized carbons (Fsp3) is 0.750. The normalized spacial score (nSPS) is 23.3. The van der Waals surface area contributed by atoms with Crippen molar-refractivity contribution in [2.45, 2.75) is 12.5 Å². The molecule has 0 aromatic rings. The van der Waals surface area contributed by atoms with Crippen LogP contribution in [0.4, 0.5) is 4.79 Å². The minimum Gasteiger partial charge on any atom is -0.480 e. The number of carbonyl (C=O) groups is 2. The number of amides is 1. The molecule has 1 aliphatic heterocycles. The molecule has 1 saturated heterocycles. The van der Waals surface area contributed by atoms with Gasteiger partial charge < -0.3 is 20.5 Å². The smallest absolute Gasteiger partial charge is 0.409 e. The highest BCUT2D eigenvalue weighted by Gasteiger charge is 2.33. The van der Waals surface area contributed by atoms with Crippen molar-refractivity contribution in [1.82, 2.24) is 4.90 Å². The molecule has 6 heteroatoms. The number of aliphatic carboxylic acids is 1. The van der Waals surface area contributed by atoms with Crippen LogP contribution in [0.2, 0.25) is 0 Å². The highest BCUT2D eigenvalue weighted by Crippen LogP contribution is 2.19. The summed E-state index contributed by atoms with van der Waals surface area (Å²) in [6.45, 7) is 0.873. The number of hydrogen-bond acceptors (Lipinski definition) is 4. The fourth-order valence-electron chi connectivity index (χ4n) is 1.58. The summed E-state index contributed by atoms with van der Waals surface area (Å²) in [5.41, 5.74) is 5.45. The largest absolute Gasteiger partial charge is 0.480 e. The van der Waals surface area contributed by atoms with Crippen molar-refractivity contribution >= 4 is 12.1 Å². The van der Waals surface area contributed by atoms with Crippen LogP contribution in [0.5, 0.6) is 0 Å². The number of nitrogens with zero attached hydrogens (tertiary/aromatic N) is 1. The molecule has 1 fully saturated rings. The summed E-state index contributed by atoms with van der Waals surface area (Å²) in [5.74, 6) is -1.20. The summed E-state index contributed by atoms with van der Waals surface area (Å²) in [6, 6.07) is -0.898. The molecule has 1 heterocycles. The average Bonchev–Trinajstić information content (AvgIpc) is 2.64. The van der Waals surface area contributed by atoms with Crippen LogP contribution in [0.1, 0.15) is 6.42 Å². The molecule has 0 aliphatic carbocycles. The second kappa shape index (κ2) is 4.28. The van der Waals surface area contributed by atoms with E-state index in [0.717, 1.165) is 0 Å². The second-order valence-electron chi connectivity index (χ2n) is 3.33. The van der Waals surface area contributed by atoms with E-state index < -0.39 is 18.1 Å². The molecule has 0 aromatic carbocycles. The van der Waals surface area contributed by atoms with Gasteiger partial charge in [-0.15, -0.1) is 0 Å². The fourth-order valence-corrected chi connectivity index (χ4v) is 1.58. The first-order valence-electron chi connectivity index (χ1n) is 4.37. The molecule has 0 radical (unpaired) electrons. The lowest BCUT2D eigenvalue weighted by Crippen LogP contribution is -2.40. The van der Waals surface area contributed by atoms with Gasteiger partial charge in [0.2, 0.25) is 0 Å². The Hall–Kier alpha value is -1.30. The van der Waals surface area contributed by atoms with E-state index in [4.69, 9.17) is 10.8 Å². The number of rotatable bonds is 2. The Morgan fingerprint density at radius 1 is 1.64 bits per heavy atom. The number of hydrogen-bond donors (Lipinski definition) is 2. The van der Waals surface area contributed by atoms with Crippen molar-refractivity contribution in [3.8, 4) is 0 Å². The van der Waals surface area contributed by atoms with Crippen molar-refractivity contribution in [3.63, 3.8) is 0 Å². The highest BCUT2D eigenvalue weighted by atomic mass is 16.5. The van der Waals surface area contributed by atoms with Gasteiger partial charge in [-0.1, -0.05) is 0 Å². The lowest BCUT2D eigenvalue weighted by Gasteiger charge is -2.16. The molecule has 1 aliphatic rings. The molecular formula is C8H14N2O4. The van der Waals surface area contributed by atoms with Crippen LogP contribution in [0.25, 0.3) is 0 Å². The Morgan fingerprint density at radius 3 is 2.79 bits per heavy atom. The molecule has 2 atom stereocenters. The third-order valence-corrected chi connectivity index (χ3v) is 2.45. The molecule has 0 aromatic heterocycles. The molecule has 1 amide bonds. The van der Waals surface area contributed by atoms with Crippen LogP contribution in [0, 0.1) is 5.92 Å². The van der Waals surface area contributed by atoms with E-state index in [-0.39, 0.29) is 5.92 Å². The van der Waals surface area contributed by atoms with Gasteiger partial charge in [-0.2, -0.15) is 0 Å². The monoisotopic (exact) mass is 202 g/mol. The topological polar surface area (TPSA) is 92.9 Å². The maximum absolute atomic E-state index is 11.1. The summed E-state index contributed by atoms with van der Waals surface area (Å²) >= 11 is 0. The Bertz CT molecular complexity index is 243. The minimum absolute atomic E-state index is 0.174. The molecule has 80 valence electrons. The van der Waals surface area contributed by atoms with Crippen molar-refractivity contribution in [1.29, 1.82) is 0 Å². The van der Waals surface area contributed by atoms with Gasteiger partial charge in [0.1, 0.15) is 6.04 Å². The molecule has 0 saturated carbocycles. The van der Waals surface area contributed by atoms with Crippen molar-refractivity contribution < 1.29 is 19.4 Å². The van der Waals surface area contributed by atoms with Gasteiger partial charge >= 0.3 is 12.1 Å². The number of likely N-dealkylation sites (tertiary alicyclic amines) is 1. The lowest BCUT2D eigenvalue weighted by molar-refractivity contribution is -0.139. The van der Waals surface area contributed by atoms with Crippen LogP contribution < -0.4 is 5.73 Å². The third kappa shape index (κ3) is 2.14. The number of nitrogens with two attached hydrogens (primary N) is 1. The van der Waals surface area contributed by atoms with Gasteiger partial charge in [-0.3, -0.25) is 4.79 Å². The average molecular weight is 202 g/mol. The predicted molar refractivity (Wildman–Crippen MR) is 47.7 cm³/mol. The Morgan fingerprint density at radius 2 is 2.29 bits per heavy atom. The molecule has 6 nitrogen and oxygen atoms in total. The number of ether oxygens (including phenoxy) is 1. The standard InChI is InChI=1S/C8H14N2O4/c1-14-8(13)10-3-2-5(4-10)6(9)7(11)12/h5-6H,2-4,9H2,1H3,(H,11,12). The summed E-state index contributed by atoms with van der Waals surface area (Å²) < 4.78 is 4.52. The number of carbonyl (C=O) groups excluding carboxylic acids is 1. The predicted octanol–water partition coefficient (Wildman–Crippen LogP) is -0.513. The van der Waals surface area contributed by atoms with Crippen molar-refractivity contribution in [3.05, 3.63) is 0 Å².